The fraction of sp³-hybridized carbons (Fsp3) is 0.333. The second-order valence-electron chi connectivity index (χ2n) is 4.90. The first-order valence-corrected chi connectivity index (χ1v) is 6.64. The predicted octanol–water partition coefficient (Wildman–Crippen LogP) is 2.16. The van der Waals surface area contributed by atoms with Crippen molar-refractivity contribution >= 4 is 11.6 Å². The molecule has 0 aliphatic rings. The Hall–Kier alpha value is -2.14. The summed E-state index contributed by atoms with van der Waals surface area (Å²) in [5.74, 6) is -0.0999. The molecule has 2 aromatic rings. The molecular weight excluding hydrogens is 252 g/mol. The van der Waals surface area contributed by atoms with E-state index in [0.717, 1.165) is 22.6 Å². The van der Waals surface area contributed by atoms with Crippen LogP contribution in [0.5, 0.6) is 0 Å². The van der Waals surface area contributed by atoms with Crippen molar-refractivity contribution in [2.45, 2.75) is 33.4 Å². The largest absolute Gasteiger partial charge is 0.326 e. The van der Waals surface area contributed by atoms with E-state index in [-0.39, 0.29) is 11.9 Å². The number of para-hydroxylation sites is 1. The minimum absolute atomic E-state index is 0.0999. The number of benzene rings is 1. The van der Waals surface area contributed by atoms with E-state index >= 15 is 0 Å². The van der Waals surface area contributed by atoms with Crippen LogP contribution in [0.1, 0.15) is 29.9 Å². The first-order valence-electron chi connectivity index (χ1n) is 6.64. The average Bonchev–Trinajstić information content (AvgIpc) is 2.77. The summed E-state index contributed by atoms with van der Waals surface area (Å²) in [7, 11) is 0. The third kappa shape index (κ3) is 2.88. The minimum atomic E-state index is -0.366. The van der Waals surface area contributed by atoms with Crippen molar-refractivity contribution < 1.29 is 4.79 Å². The summed E-state index contributed by atoms with van der Waals surface area (Å²) in [6.45, 7) is 6.08. The molecule has 0 spiro atoms. The molecule has 0 saturated carbocycles. The summed E-state index contributed by atoms with van der Waals surface area (Å²) in [5.41, 5.74) is 9.22. The van der Waals surface area contributed by atoms with Gasteiger partial charge in [-0.1, -0.05) is 18.2 Å². The third-order valence-corrected chi connectivity index (χ3v) is 3.29. The van der Waals surface area contributed by atoms with E-state index in [1.54, 1.807) is 4.68 Å². The molecule has 106 valence electrons. The Morgan fingerprint density at radius 3 is 2.70 bits per heavy atom. The SMILES string of the molecule is Cc1cc(C)n(C(C)C(=O)Nc2ccccc2CN)n1. The summed E-state index contributed by atoms with van der Waals surface area (Å²) in [6.07, 6.45) is 0. The first kappa shape index (κ1) is 14.3. The zero-order valence-corrected chi connectivity index (χ0v) is 12.1. The Kier molecular flexibility index (Phi) is 4.20. The van der Waals surface area contributed by atoms with Crippen LogP contribution < -0.4 is 11.1 Å². The van der Waals surface area contributed by atoms with Gasteiger partial charge in [0, 0.05) is 17.9 Å². The molecule has 1 unspecified atom stereocenters. The maximum Gasteiger partial charge on any atom is 0.248 e. The van der Waals surface area contributed by atoms with Crippen LogP contribution in [0.15, 0.2) is 30.3 Å². The van der Waals surface area contributed by atoms with E-state index in [4.69, 9.17) is 5.73 Å². The van der Waals surface area contributed by atoms with Gasteiger partial charge in [0.2, 0.25) is 5.91 Å². The van der Waals surface area contributed by atoms with Gasteiger partial charge in [-0.05, 0) is 38.5 Å². The molecule has 3 N–H and O–H groups in total. The van der Waals surface area contributed by atoms with Gasteiger partial charge in [0.25, 0.3) is 0 Å². The number of amides is 1. The number of nitrogens with one attached hydrogen (secondary N) is 1. The lowest BCUT2D eigenvalue weighted by Gasteiger charge is -2.16. The van der Waals surface area contributed by atoms with Crippen LogP contribution in [0.2, 0.25) is 0 Å². The summed E-state index contributed by atoms with van der Waals surface area (Å²) in [4.78, 5) is 12.3. The number of hydrogen-bond acceptors (Lipinski definition) is 3. The van der Waals surface area contributed by atoms with Crippen LogP contribution in [-0.4, -0.2) is 15.7 Å². The second-order valence-corrected chi connectivity index (χ2v) is 4.90. The van der Waals surface area contributed by atoms with Crippen LogP contribution in [0.4, 0.5) is 5.69 Å². The highest BCUT2D eigenvalue weighted by molar-refractivity contribution is 5.94. The lowest BCUT2D eigenvalue weighted by Crippen LogP contribution is -2.26. The highest BCUT2D eigenvalue weighted by Crippen LogP contribution is 2.17. The maximum absolute atomic E-state index is 12.3. The number of carbonyl (C=O) groups is 1. The molecular formula is C15H20N4O. The van der Waals surface area contributed by atoms with Crippen molar-refractivity contribution in [2.75, 3.05) is 5.32 Å². The summed E-state index contributed by atoms with van der Waals surface area (Å²) >= 11 is 0. The van der Waals surface area contributed by atoms with Crippen molar-refractivity contribution in [2.24, 2.45) is 5.73 Å². The second kappa shape index (κ2) is 5.88. The Bertz CT molecular complexity index is 618. The lowest BCUT2D eigenvalue weighted by atomic mass is 10.1. The van der Waals surface area contributed by atoms with Gasteiger partial charge < -0.3 is 11.1 Å². The van der Waals surface area contributed by atoms with E-state index in [2.05, 4.69) is 10.4 Å². The van der Waals surface area contributed by atoms with Gasteiger partial charge >= 0.3 is 0 Å². The molecule has 1 aromatic heterocycles. The van der Waals surface area contributed by atoms with Gasteiger partial charge in [-0.25, -0.2) is 0 Å². The highest BCUT2D eigenvalue weighted by atomic mass is 16.2. The lowest BCUT2D eigenvalue weighted by molar-refractivity contribution is -0.119. The van der Waals surface area contributed by atoms with E-state index in [1.807, 2.05) is 51.1 Å². The molecule has 0 radical (unpaired) electrons. The molecule has 1 amide bonds. The van der Waals surface area contributed by atoms with Crippen LogP contribution in [-0.2, 0) is 11.3 Å². The smallest absolute Gasteiger partial charge is 0.248 e. The number of anilines is 1. The molecule has 0 aliphatic heterocycles. The van der Waals surface area contributed by atoms with Crippen molar-refractivity contribution in [1.29, 1.82) is 0 Å². The summed E-state index contributed by atoms with van der Waals surface area (Å²) < 4.78 is 1.73. The molecule has 0 fully saturated rings. The van der Waals surface area contributed by atoms with Gasteiger partial charge in [0.1, 0.15) is 6.04 Å². The topological polar surface area (TPSA) is 72.9 Å². The van der Waals surface area contributed by atoms with E-state index in [9.17, 15) is 4.79 Å². The molecule has 1 heterocycles. The molecule has 5 nitrogen and oxygen atoms in total. The van der Waals surface area contributed by atoms with Gasteiger partial charge in [0.15, 0.2) is 0 Å². The van der Waals surface area contributed by atoms with Gasteiger partial charge in [0.05, 0.1) is 5.69 Å². The molecule has 1 aromatic carbocycles. The fourth-order valence-electron chi connectivity index (χ4n) is 2.21. The monoisotopic (exact) mass is 272 g/mol. The number of hydrogen-bond donors (Lipinski definition) is 2. The Morgan fingerprint density at radius 2 is 2.10 bits per heavy atom. The third-order valence-electron chi connectivity index (χ3n) is 3.29. The Balaban J connectivity index is 2.18. The van der Waals surface area contributed by atoms with Crippen molar-refractivity contribution in [1.82, 2.24) is 9.78 Å². The van der Waals surface area contributed by atoms with Crippen molar-refractivity contribution in [3.8, 4) is 0 Å². The molecule has 5 heteroatoms. The molecule has 0 aliphatic carbocycles. The van der Waals surface area contributed by atoms with Crippen molar-refractivity contribution in [3.05, 3.63) is 47.3 Å². The quantitative estimate of drug-likeness (QED) is 0.895. The number of aromatic nitrogens is 2. The normalized spacial score (nSPS) is 12.2. The van der Waals surface area contributed by atoms with Crippen LogP contribution >= 0.6 is 0 Å². The van der Waals surface area contributed by atoms with Crippen molar-refractivity contribution in [3.63, 3.8) is 0 Å². The fourth-order valence-corrected chi connectivity index (χ4v) is 2.21. The molecule has 1 atom stereocenters. The number of rotatable bonds is 4. The highest BCUT2D eigenvalue weighted by Gasteiger charge is 2.18. The van der Waals surface area contributed by atoms with E-state index in [1.165, 1.54) is 0 Å². The molecule has 0 bridgehead atoms. The Morgan fingerprint density at radius 1 is 1.40 bits per heavy atom. The van der Waals surface area contributed by atoms with Crippen LogP contribution in [0, 0.1) is 13.8 Å². The number of nitrogens with two attached hydrogens (primary N) is 1. The minimum Gasteiger partial charge on any atom is -0.326 e. The van der Waals surface area contributed by atoms with E-state index < -0.39 is 0 Å². The van der Waals surface area contributed by atoms with Crippen LogP contribution in [0.25, 0.3) is 0 Å². The number of aryl methyl sites for hydroxylation is 2. The van der Waals surface area contributed by atoms with Gasteiger partial charge in [-0.2, -0.15) is 5.10 Å². The zero-order valence-electron chi connectivity index (χ0n) is 12.1. The summed E-state index contributed by atoms with van der Waals surface area (Å²) in [5, 5.41) is 7.26. The summed E-state index contributed by atoms with van der Waals surface area (Å²) in [6, 6.07) is 9.13. The molecule has 0 saturated heterocycles. The van der Waals surface area contributed by atoms with E-state index in [0.29, 0.717) is 6.54 Å². The van der Waals surface area contributed by atoms with Crippen LogP contribution in [0.3, 0.4) is 0 Å². The Labute approximate surface area is 118 Å². The van der Waals surface area contributed by atoms with Gasteiger partial charge in [-0.15, -0.1) is 0 Å². The number of nitrogens with zero attached hydrogens (tertiary/aromatic N) is 2. The first-order chi connectivity index (χ1) is 9.52. The average molecular weight is 272 g/mol. The molecule has 20 heavy (non-hydrogen) atoms. The number of carbonyl (C=O) groups excluding carboxylic acids is 1. The zero-order chi connectivity index (χ0) is 14.7. The molecule has 2 rings (SSSR count). The predicted molar refractivity (Wildman–Crippen MR) is 79.4 cm³/mol. The maximum atomic E-state index is 12.3. The standard InChI is InChI=1S/C15H20N4O/c1-10-8-11(2)19(18-10)12(3)15(20)17-14-7-5-4-6-13(14)9-16/h4-8,12H,9,16H2,1-3H3,(H,17,20). The van der Waals surface area contributed by atoms with Gasteiger partial charge in [-0.3, -0.25) is 9.48 Å².